The molecule has 1 aromatic carbocycles. The summed E-state index contributed by atoms with van der Waals surface area (Å²) >= 11 is 0. The van der Waals surface area contributed by atoms with Gasteiger partial charge in [0.25, 0.3) is 0 Å². The molecule has 3 rings (SSSR count). The number of pyridine rings is 1. The number of fused-ring (bicyclic) bond motifs is 1. The molecule has 0 bridgehead atoms. The van der Waals surface area contributed by atoms with Crippen LogP contribution < -0.4 is 4.90 Å². The molecule has 0 atom stereocenters. The van der Waals surface area contributed by atoms with Crippen LogP contribution in [0.4, 0.5) is 10.2 Å². The van der Waals surface area contributed by atoms with Gasteiger partial charge in [-0.05, 0) is 41.8 Å². The summed E-state index contributed by atoms with van der Waals surface area (Å²) in [6.07, 6.45) is 2.68. The third-order valence-corrected chi connectivity index (χ3v) is 3.15. The second-order valence-corrected chi connectivity index (χ2v) is 4.27. The number of anilines is 1. The minimum absolute atomic E-state index is 0.143. The molecule has 1 aliphatic rings. The van der Waals surface area contributed by atoms with E-state index in [2.05, 4.69) is 9.88 Å². The zero-order valence-electron chi connectivity index (χ0n) is 9.44. The van der Waals surface area contributed by atoms with Gasteiger partial charge in [-0.1, -0.05) is 12.1 Å². The third kappa shape index (κ3) is 2.00. The summed E-state index contributed by atoms with van der Waals surface area (Å²) in [7, 11) is 0. The van der Waals surface area contributed by atoms with Crippen molar-refractivity contribution < 1.29 is 4.39 Å². The number of rotatable bonds is 1. The Bertz CT molecular complexity index is 525. The maximum atomic E-state index is 13.1. The smallest absolute Gasteiger partial charge is 0.128 e. The lowest BCUT2D eigenvalue weighted by atomic mass is 10.00. The number of aromatic nitrogens is 1. The van der Waals surface area contributed by atoms with Gasteiger partial charge in [-0.25, -0.2) is 9.37 Å². The molecule has 0 aliphatic carbocycles. The molecule has 0 N–H and O–H groups in total. The summed E-state index contributed by atoms with van der Waals surface area (Å²) in [6, 6.07) is 11.0. The number of benzene rings is 1. The summed E-state index contributed by atoms with van der Waals surface area (Å²) in [4.78, 5) is 6.57. The maximum absolute atomic E-state index is 13.1. The molecule has 1 aliphatic heterocycles. The molecule has 86 valence electrons. The highest BCUT2D eigenvalue weighted by Crippen LogP contribution is 2.23. The Morgan fingerprint density at radius 3 is 2.88 bits per heavy atom. The first-order chi connectivity index (χ1) is 8.33. The van der Waals surface area contributed by atoms with Gasteiger partial charge < -0.3 is 4.90 Å². The zero-order valence-corrected chi connectivity index (χ0v) is 9.44. The van der Waals surface area contributed by atoms with E-state index in [9.17, 15) is 4.39 Å². The van der Waals surface area contributed by atoms with Crippen molar-refractivity contribution in [3.05, 3.63) is 59.5 Å². The molecule has 0 saturated carbocycles. The molecule has 0 fully saturated rings. The SMILES string of the molecule is Fc1ccc2c(c1)CCN(c1ccccn1)C2. The minimum atomic E-state index is -0.143. The van der Waals surface area contributed by atoms with Crippen LogP contribution >= 0.6 is 0 Å². The molecule has 0 saturated heterocycles. The van der Waals surface area contributed by atoms with Gasteiger partial charge in [-0.2, -0.15) is 0 Å². The molecule has 0 radical (unpaired) electrons. The van der Waals surface area contributed by atoms with E-state index in [4.69, 9.17) is 0 Å². The standard InChI is InChI=1S/C14H13FN2/c15-13-5-4-12-10-17(8-6-11(12)9-13)14-3-1-2-7-16-14/h1-5,7,9H,6,8,10H2. The van der Waals surface area contributed by atoms with E-state index in [1.807, 2.05) is 24.3 Å². The highest BCUT2D eigenvalue weighted by Gasteiger charge is 2.17. The zero-order chi connectivity index (χ0) is 11.7. The number of halogens is 1. The van der Waals surface area contributed by atoms with Crippen molar-refractivity contribution in [1.29, 1.82) is 0 Å². The summed E-state index contributed by atoms with van der Waals surface area (Å²) in [5.74, 6) is 0.845. The van der Waals surface area contributed by atoms with Crippen molar-refractivity contribution in [2.24, 2.45) is 0 Å². The van der Waals surface area contributed by atoms with Gasteiger partial charge in [0.15, 0.2) is 0 Å². The van der Waals surface area contributed by atoms with Crippen LogP contribution in [0.3, 0.4) is 0 Å². The lowest BCUT2D eigenvalue weighted by Crippen LogP contribution is -2.30. The Morgan fingerprint density at radius 2 is 2.06 bits per heavy atom. The van der Waals surface area contributed by atoms with Crippen LogP contribution in [-0.4, -0.2) is 11.5 Å². The number of hydrogen-bond donors (Lipinski definition) is 0. The Labute approximate surface area is 99.7 Å². The van der Waals surface area contributed by atoms with E-state index in [0.717, 1.165) is 30.9 Å². The van der Waals surface area contributed by atoms with Crippen LogP contribution in [0.5, 0.6) is 0 Å². The summed E-state index contributed by atoms with van der Waals surface area (Å²) in [6.45, 7) is 1.71. The van der Waals surface area contributed by atoms with E-state index in [1.165, 1.54) is 11.6 Å². The lowest BCUT2D eigenvalue weighted by molar-refractivity contribution is 0.618. The first-order valence-corrected chi connectivity index (χ1v) is 5.76. The van der Waals surface area contributed by atoms with E-state index >= 15 is 0 Å². The second kappa shape index (κ2) is 4.17. The quantitative estimate of drug-likeness (QED) is 0.746. The Morgan fingerprint density at radius 1 is 1.12 bits per heavy atom. The normalized spacial score (nSPS) is 14.5. The van der Waals surface area contributed by atoms with Gasteiger partial charge >= 0.3 is 0 Å². The first-order valence-electron chi connectivity index (χ1n) is 5.76. The molecule has 2 nitrogen and oxygen atoms in total. The van der Waals surface area contributed by atoms with Crippen molar-refractivity contribution in [3.63, 3.8) is 0 Å². The average molecular weight is 228 g/mol. The van der Waals surface area contributed by atoms with Crippen LogP contribution in [0.1, 0.15) is 11.1 Å². The molecule has 1 aromatic heterocycles. The molecule has 0 amide bonds. The predicted molar refractivity (Wildman–Crippen MR) is 65.4 cm³/mol. The molecule has 2 heterocycles. The van der Waals surface area contributed by atoms with Gasteiger partial charge in [0.2, 0.25) is 0 Å². The van der Waals surface area contributed by atoms with Crippen LogP contribution in [-0.2, 0) is 13.0 Å². The van der Waals surface area contributed by atoms with Gasteiger partial charge in [-0.3, -0.25) is 0 Å². The van der Waals surface area contributed by atoms with Crippen LogP contribution in [0.15, 0.2) is 42.6 Å². The van der Waals surface area contributed by atoms with Crippen molar-refractivity contribution in [2.45, 2.75) is 13.0 Å². The van der Waals surface area contributed by atoms with Gasteiger partial charge in [0, 0.05) is 19.3 Å². The largest absolute Gasteiger partial charge is 0.352 e. The lowest BCUT2D eigenvalue weighted by Gasteiger charge is -2.29. The molecule has 2 aromatic rings. The Kier molecular flexibility index (Phi) is 2.52. The van der Waals surface area contributed by atoms with Crippen LogP contribution in [0.2, 0.25) is 0 Å². The van der Waals surface area contributed by atoms with Crippen molar-refractivity contribution in [1.82, 2.24) is 4.98 Å². The molecule has 0 unspecified atom stereocenters. The number of nitrogens with zero attached hydrogens (tertiary/aromatic N) is 2. The van der Waals surface area contributed by atoms with Crippen molar-refractivity contribution >= 4 is 5.82 Å². The predicted octanol–water partition coefficient (Wildman–Crippen LogP) is 2.78. The van der Waals surface area contributed by atoms with Gasteiger partial charge in [0.1, 0.15) is 11.6 Å². The Balaban J connectivity index is 1.88. The van der Waals surface area contributed by atoms with Crippen LogP contribution in [0.25, 0.3) is 0 Å². The topological polar surface area (TPSA) is 16.1 Å². The molecule has 17 heavy (non-hydrogen) atoms. The molecule has 3 heteroatoms. The highest BCUT2D eigenvalue weighted by molar-refractivity contribution is 5.43. The van der Waals surface area contributed by atoms with E-state index in [0.29, 0.717) is 0 Å². The summed E-state index contributed by atoms with van der Waals surface area (Å²) in [5, 5.41) is 0. The van der Waals surface area contributed by atoms with E-state index in [-0.39, 0.29) is 5.82 Å². The third-order valence-electron chi connectivity index (χ3n) is 3.15. The van der Waals surface area contributed by atoms with E-state index < -0.39 is 0 Å². The maximum Gasteiger partial charge on any atom is 0.128 e. The van der Waals surface area contributed by atoms with Gasteiger partial charge in [0.05, 0.1) is 0 Å². The van der Waals surface area contributed by atoms with Crippen LogP contribution in [0, 0.1) is 5.82 Å². The Hall–Kier alpha value is -1.90. The fraction of sp³-hybridized carbons (Fsp3) is 0.214. The van der Waals surface area contributed by atoms with Crippen molar-refractivity contribution in [2.75, 3.05) is 11.4 Å². The fourth-order valence-corrected chi connectivity index (χ4v) is 2.26. The van der Waals surface area contributed by atoms with Crippen molar-refractivity contribution in [3.8, 4) is 0 Å². The monoisotopic (exact) mass is 228 g/mol. The summed E-state index contributed by atoms with van der Waals surface area (Å²) < 4.78 is 13.1. The van der Waals surface area contributed by atoms with E-state index in [1.54, 1.807) is 12.3 Å². The average Bonchev–Trinajstić information content (AvgIpc) is 2.39. The van der Waals surface area contributed by atoms with Gasteiger partial charge in [-0.15, -0.1) is 0 Å². The fourth-order valence-electron chi connectivity index (χ4n) is 2.26. The highest BCUT2D eigenvalue weighted by atomic mass is 19.1. The molecular formula is C14H13FN2. The first kappa shape index (κ1) is 10.3. The summed E-state index contributed by atoms with van der Waals surface area (Å²) in [5.41, 5.74) is 2.32. The molecule has 0 spiro atoms. The minimum Gasteiger partial charge on any atom is -0.352 e. The second-order valence-electron chi connectivity index (χ2n) is 4.27. The number of hydrogen-bond acceptors (Lipinski definition) is 2. The molecular weight excluding hydrogens is 215 g/mol.